The van der Waals surface area contributed by atoms with Gasteiger partial charge in [-0.2, -0.15) is 0 Å². The first-order valence-electron chi connectivity index (χ1n) is 7.72. The van der Waals surface area contributed by atoms with E-state index in [0.717, 1.165) is 11.1 Å². The van der Waals surface area contributed by atoms with Crippen molar-refractivity contribution in [3.05, 3.63) is 69.8 Å². The van der Waals surface area contributed by atoms with Gasteiger partial charge in [0.2, 0.25) is 10.0 Å². The second-order valence-electron chi connectivity index (χ2n) is 5.70. The van der Waals surface area contributed by atoms with E-state index in [1.807, 2.05) is 38.1 Å². The maximum absolute atomic E-state index is 12.4. The molecule has 0 radical (unpaired) electrons. The van der Waals surface area contributed by atoms with E-state index in [1.54, 1.807) is 0 Å². The average Bonchev–Trinajstić information content (AvgIpc) is 2.59. The van der Waals surface area contributed by atoms with Crippen LogP contribution in [-0.2, 0) is 27.9 Å². The van der Waals surface area contributed by atoms with Crippen LogP contribution in [0.5, 0.6) is 0 Å². The summed E-state index contributed by atoms with van der Waals surface area (Å²) in [5, 5.41) is 10.6. The molecule has 7 nitrogen and oxygen atoms in total. The highest BCUT2D eigenvalue weighted by Gasteiger charge is 2.16. The number of ether oxygens (including phenoxy) is 1. The van der Waals surface area contributed by atoms with Crippen molar-refractivity contribution in [2.75, 3.05) is 0 Å². The van der Waals surface area contributed by atoms with Crippen LogP contribution in [0.15, 0.2) is 53.4 Å². The van der Waals surface area contributed by atoms with Crippen LogP contribution in [0.3, 0.4) is 0 Å². The Balaban J connectivity index is 2.10. The molecule has 2 aromatic rings. The van der Waals surface area contributed by atoms with E-state index in [4.69, 9.17) is 4.74 Å². The molecule has 0 saturated heterocycles. The normalized spacial score (nSPS) is 11.6. The molecule has 25 heavy (non-hydrogen) atoms. The van der Waals surface area contributed by atoms with Crippen molar-refractivity contribution in [3.63, 3.8) is 0 Å². The number of nitro groups is 1. The molecule has 0 atom stereocenters. The monoisotopic (exact) mass is 364 g/mol. The molecule has 134 valence electrons. The van der Waals surface area contributed by atoms with Crippen molar-refractivity contribution in [2.45, 2.75) is 38.0 Å². The standard InChI is InChI=1S/C17H20N2O5S/c1-13(2)24-12-15-6-4-3-5-14(15)11-18-25(22,23)17-9-7-16(8-10-17)19(20)21/h3-10,13,18H,11-12H2,1-2H3. The number of nitrogens with one attached hydrogen (secondary N) is 1. The second-order valence-corrected chi connectivity index (χ2v) is 7.47. The number of rotatable bonds is 8. The lowest BCUT2D eigenvalue weighted by molar-refractivity contribution is -0.384. The van der Waals surface area contributed by atoms with Crippen LogP contribution in [0.2, 0.25) is 0 Å². The first-order chi connectivity index (χ1) is 11.8. The Morgan fingerprint density at radius 1 is 1.08 bits per heavy atom. The zero-order valence-electron chi connectivity index (χ0n) is 14.0. The lowest BCUT2D eigenvalue weighted by Gasteiger charge is -2.13. The topological polar surface area (TPSA) is 98.5 Å². The van der Waals surface area contributed by atoms with Crippen LogP contribution >= 0.6 is 0 Å². The van der Waals surface area contributed by atoms with Crippen molar-refractivity contribution >= 4 is 15.7 Å². The molecule has 0 aliphatic rings. The van der Waals surface area contributed by atoms with Gasteiger partial charge in [-0.15, -0.1) is 0 Å². The van der Waals surface area contributed by atoms with E-state index in [0.29, 0.717) is 6.61 Å². The van der Waals surface area contributed by atoms with Crippen LogP contribution in [0.1, 0.15) is 25.0 Å². The number of hydrogen-bond acceptors (Lipinski definition) is 5. The molecule has 0 amide bonds. The lowest BCUT2D eigenvalue weighted by Crippen LogP contribution is -2.24. The van der Waals surface area contributed by atoms with Gasteiger partial charge in [0.1, 0.15) is 0 Å². The molecule has 2 aromatic carbocycles. The average molecular weight is 364 g/mol. The summed E-state index contributed by atoms with van der Waals surface area (Å²) in [6.45, 7) is 4.36. The Bertz CT molecular complexity index is 832. The summed E-state index contributed by atoms with van der Waals surface area (Å²) in [6.07, 6.45) is 0.0739. The highest BCUT2D eigenvalue weighted by atomic mass is 32.2. The smallest absolute Gasteiger partial charge is 0.269 e. The minimum atomic E-state index is -3.76. The third-order valence-electron chi connectivity index (χ3n) is 3.50. The maximum Gasteiger partial charge on any atom is 0.269 e. The number of non-ortho nitro benzene ring substituents is 1. The fraction of sp³-hybridized carbons (Fsp3) is 0.294. The Kier molecular flexibility index (Phi) is 6.24. The highest BCUT2D eigenvalue weighted by molar-refractivity contribution is 7.89. The summed E-state index contributed by atoms with van der Waals surface area (Å²) in [5.74, 6) is 0. The molecule has 1 N–H and O–H groups in total. The molecule has 0 saturated carbocycles. The molecule has 0 fully saturated rings. The van der Waals surface area contributed by atoms with Crippen molar-refractivity contribution in [1.29, 1.82) is 0 Å². The lowest BCUT2D eigenvalue weighted by atomic mass is 10.1. The minimum absolute atomic E-state index is 0.0194. The molecule has 0 unspecified atom stereocenters. The number of benzene rings is 2. The van der Waals surface area contributed by atoms with Gasteiger partial charge in [-0.1, -0.05) is 24.3 Å². The van der Waals surface area contributed by atoms with Gasteiger partial charge in [-0.05, 0) is 37.1 Å². The first kappa shape index (κ1) is 19.0. The highest BCUT2D eigenvalue weighted by Crippen LogP contribution is 2.17. The maximum atomic E-state index is 12.4. The molecular formula is C17H20N2O5S. The third kappa shape index (κ3) is 5.35. The largest absolute Gasteiger partial charge is 0.374 e. The van der Waals surface area contributed by atoms with Crippen molar-refractivity contribution in [1.82, 2.24) is 4.72 Å². The summed E-state index contributed by atoms with van der Waals surface area (Å²) < 4.78 is 32.8. The van der Waals surface area contributed by atoms with Gasteiger partial charge in [0, 0.05) is 18.7 Å². The van der Waals surface area contributed by atoms with E-state index in [1.165, 1.54) is 24.3 Å². The van der Waals surface area contributed by atoms with Gasteiger partial charge < -0.3 is 4.74 Å². The van der Waals surface area contributed by atoms with Gasteiger partial charge >= 0.3 is 0 Å². The van der Waals surface area contributed by atoms with Gasteiger partial charge in [-0.3, -0.25) is 10.1 Å². The Labute approximate surface area is 146 Å². The molecule has 8 heteroatoms. The molecule has 0 heterocycles. The van der Waals surface area contributed by atoms with Gasteiger partial charge in [0.25, 0.3) is 5.69 Å². The predicted molar refractivity (Wildman–Crippen MR) is 93.5 cm³/mol. The van der Waals surface area contributed by atoms with Crippen LogP contribution in [0.4, 0.5) is 5.69 Å². The Hall–Kier alpha value is -2.29. The zero-order valence-corrected chi connectivity index (χ0v) is 14.8. The van der Waals surface area contributed by atoms with Crippen molar-refractivity contribution in [3.8, 4) is 0 Å². The molecule has 0 bridgehead atoms. The quantitative estimate of drug-likeness (QED) is 0.573. The Morgan fingerprint density at radius 2 is 1.68 bits per heavy atom. The SMILES string of the molecule is CC(C)OCc1ccccc1CNS(=O)(=O)c1ccc([N+](=O)[O-])cc1. The van der Waals surface area contributed by atoms with E-state index in [-0.39, 0.29) is 23.2 Å². The summed E-state index contributed by atoms with van der Waals surface area (Å²) in [4.78, 5) is 10.1. The van der Waals surface area contributed by atoms with Gasteiger partial charge in [0.05, 0.1) is 22.5 Å². The number of sulfonamides is 1. The minimum Gasteiger partial charge on any atom is -0.374 e. The fourth-order valence-electron chi connectivity index (χ4n) is 2.13. The van der Waals surface area contributed by atoms with E-state index in [2.05, 4.69) is 4.72 Å². The third-order valence-corrected chi connectivity index (χ3v) is 4.92. The van der Waals surface area contributed by atoms with Crippen LogP contribution in [0.25, 0.3) is 0 Å². The van der Waals surface area contributed by atoms with Crippen LogP contribution < -0.4 is 4.72 Å². The molecular weight excluding hydrogens is 344 g/mol. The molecule has 0 spiro atoms. The zero-order chi connectivity index (χ0) is 18.4. The molecule has 2 rings (SSSR count). The van der Waals surface area contributed by atoms with Crippen molar-refractivity contribution < 1.29 is 18.1 Å². The number of nitro benzene ring substituents is 1. The summed E-state index contributed by atoms with van der Waals surface area (Å²) in [5.41, 5.74) is 1.56. The molecule has 0 aliphatic carbocycles. The number of hydrogen-bond donors (Lipinski definition) is 1. The van der Waals surface area contributed by atoms with Crippen molar-refractivity contribution in [2.24, 2.45) is 0 Å². The van der Waals surface area contributed by atoms with Gasteiger partial charge in [-0.25, -0.2) is 13.1 Å². The van der Waals surface area contributed by atoms with Crippen LogP contribution in [0, 0.1) is 10.1 Å². The summed E-state index contributed by atoms with van der Waals surface area (Å²) in [7, 11) is -3.76. The Morgan fingerprint density at radius 3 is 2.24 bits per heavy atom. The van der Waals surface area contributed by atoms with Gasteiger partial charge in [0.15, 0.2) is 0 Å². The molecule has 0 aliphatic heterocycles. The second kappa shape index (κ2) is 8.19. The first-order valence-corrected chi connectivity index (χ1v) is 9.20. The van der Waals surface area contributed by atoms with E-state index < -0.39 is 14.9 Å². The fourth-order valence-corrected chi connectivity index (χ4v) is 3.14. The predicted octanol–water partition coefficient (Wildman–Crippen LogP) is 3.00. The number of nitrogens with zero attached hydrogens (tertiary/aromatic N) is 1. The van der Waals surface area contributed by atoms with E-state index >= 15 is 0 Å². The molecule has 0 aromatic heterocycles. The van der Waals surface area contributed by atoms with Crippen LogP contribution in [-0.4, -0.2) is 19.4 Å². The summed E-state index contributed by atoms with van der Waals surface area (Å²) >= 11 is 0. The summed E-state index contributed by atoms with van der Waals surface area (Å²) in [6, 6.07) is 12.2. The van der Waals surface area contributed by atoms with E-state index in [9.17, 15) is 18.5 Å².